The topological polar surface area (TPSA) is 94.7 Å². The quantitative estimate of drug-likeness (QED) is 0.458. The van der Waals surface area contributed by atoms with Crippen LogP contribution >= 0.6 is 11.6 Å². The molecule has 160 valence electrons. The van der Waals surface area contributed by atoms with Crippen LogP contribution in [-0.4, -0.2) is 37.3 Å². The summed E-state index contributed by atoms with van der Waals surface area (Å²) in [4.78, 5) is 40.5. The van der Waals surface area contributed by atoms with Crippen LogP contribution in [-0.2, 0) is 6.54 Å². The first-order valence-corrected chi connectivity index (χ1v) is 9.99. The smallest absolute Gasteiger partial charge is 0.295 e. The van der Waals surface area contributed by atoms with Crippen LogP contribution in [0, 0.1) is 0 Å². The number of fused-ring (bicyclic) bond motifs is 2. The summed E-state index contributed by atoms with van der Waals surface area (Å²) in [5.41, 5.74) is 1.14. The molecule has 4 rings (SSSR count). The van der Waals surface area contributed by atoms with Gasteiger partial charge in [0.1, 0.15) is 5.82 Å². The van der Waals surface area contributed by atoms with Crippen LogP contribution in [0.4, 0.5) is 8.78 Å². The van der Waals surface area contributed by atoms with Crippen molar-refractivity contribution in [2.45, 2.75) is 26.3 Å². The van der Waals surface area contributed by atoms with Crippen molar-refractivity contribution in [3.8, 4) is 0 Å². The van der Waals surface area contributed by atoms with Gasteiger partial charge in [-0.1, -0.05) is 18.5 Å². The number of aromatic nitrogens is 4. The molecule has 31 heavy (non-hydrogen) atoms. The van der Waals surface area contributed by atoms with Crippen LogP contribution in [0.15, 0.2) is 41.2 Å². The van der Waals surface area contributed by atoms with Gasteiger partial charge in [0.05, 0.1) is 28.5 Å². The lowest BCUT2D eigenvalue weighted by Gasteiger charge is -2.22. The first-order valence-electron chi connectivity index (χ1n) is 9.61. The number of carbonyl (C=O) groups excluding carboxylic acids is 1. The fourth-order valence-electron chi connectivity index (χ4n) is 3.39. The number of nitrogens with one attached hydrogen (secondary N) is 2. The Hall–Kier alpha value is -3.33. The highest BCUT2D eigenvalue weighted by atomic mass is 35.5. The number of imidazole rings is 1. The second-order valence-corrected chi connectivity index (χ2v) is 7.49. The van der Waals surface area contributed by atoms with Crippen LogP contribution < -0.4 is 5.56 Å². The van der Waals surface area contributed by atoms with E-state index in [1.54, 1.807) is 29.2 Å². The van der Waals surface area contributed by atoms with Crippen molar-refractivity contribution in [2.75, 3.05) is 6.54 Å². The Labute approximate surface area is 180 Å². The normalized spacial score (nSPS) is 11.5. The van der Waals surface area contributed by atoms with Crippen LogP contribution in [0.25, 0.3) is 21.9 Å². The second-order valence-electron chi connectivity index (χ2n) is 7.06. The minimum atomic E-state index is -2.73. The molecule has 0 spiro atoms. The standard InChI is InChI=1S/C21H18ClF2N5O2/c1-2-7-29(10-17-25-15-9-12(22)4-5-13(15)20(30)28-17)21(31)11-3-6-14-16(8-11)27-19(26-14)18(23)24/h3-6,8-9,18H,2,7,10H2,1H3,(H,26,27)(H,25,28,30). The summed E-state index contributed by atoms with van der Waals surface area (Å²) in [6.07, 6.45) is -2.05. The highest BCUT2D eigenvalue weighted by Crippen LogP contribution is 2.22. The number of carbonyl (C=O) groups is 1. The van der Waals surface area contributed by atoms with Gasteiger partial charge in [0, 0.05) is 17.1 Å². The Balaban J connectivity index is 1.65. The molecule has 0 atom stereocenters. The molecule has 0 fully saturated rings. The lowest BCUT2D eigenvalue weighted by atomic mass is 10.1. The number of nitrogens with zero attached hydrogens (tertiary/aromatic N) is 3. The number of alkyl halides is 2. The fourth-order valence-corrected chi connectivity index (χ4v) is 3.55. The summed E-state index contributed by atoms with van der Waals surface area (Å²) in [6, 6.07) is 9.35. The van der Waals surface area contributed by atoms with E-state index in [0.29, 0.717) is 51.3 Å². The van der Waals surface area contributed by atoms with Crippen molar-refractivity contribution >= 4 is 39.4 Å². The molecule has 2 heterocycles. The number of aromatic amines is 2. The first-order chi connectivity index (χ1) is 14.9. The minimum Gasteiger partial charge on any atom is -0.337 e. The summed E-state index contributed by atoms with van der Waals surface area (Å²) in [7, 11) is 0. The highest BCUT2D eigenvalue weighted by Gasteiger charge is 2.19. The zero-order chi connectivity index (χ0) is 22.1. The average Bonchev–Trinajstić information content (AvgIpc) is 3.16. The zero-order valence-corrected chi connectivity index (χ0v) is 17.2. The number of H-pyrrole nitrogens is 2. The van der Waals surface area contributed by atoms with Crippen molar-refractivity contribution in [2.24, 2.45) is 0 Å². The lowest BCUT2D eigenvalue weighted by Crippen LogP contribution is -2.32. The Kier molecular flexibility index (Phi) is 5.69. The van der Waals surface area contributed by atoms with Gasteiger partial charge in [0.15, 0.2) is 5.82 Å². The van der Waals surface area contributed by atoms with Gasteiger partial charge in [-0.25, -0.2) is 18.7 Å². The third-order valence-electron chi connectivity index (χ3n) is 4.79. The maximum atomic E-state index is 13.1. The van der Waals surface area contributed by atoms with E-state index in [1.807, 2.05) is 6.92 Å². The number of halogens is 3. The molecule has 2 N–H and O–H groups in total. The molecule has 0 aliphatic carbocycles. The van der Waals surface area contributed by atoms with Gasteiger partial charge in [-0.05, 0) is 42.8 Å². The molecule has 2 aromatic carbocycles. The third-order valence-corrected chi connectivity index (χ3v) is 5.03. The molecule has 0 aliphatic rings. The van der Waals surface area contributed by atoms with E-state index in [-0.39, 0.29) is 18.0 Å². The van der Waals surface area contributed by atoms with E-state index >= 15 is 0 Å². The SMILES string of the molecule is CCCN(Cc1nc2cc(Cl)ccc2c(=O)[nH]1)C(=O)c1ccc2nc(C(F)F)[nH]c2c1. The summed E-state index contributed by atoms with van der Waals surface area (Å²) < 4.78 is 25.8. The molecule has 1 amide bonds. The average molecular weight is 446 g/mol. The van der Waals surface area contributed by atoms with E-state index in [0.717, 1.165) is 0 Å². The van der Waals surface area contributed by atoms with Crippen molar-refractivity contribution < 1.29 is 13.6 Å². The molecule has 0 saturated heterocycles. The van der Waals surface area contributed by atoms with Gasteiger partial charge in [0.25, 0.3) is 17.9 Å². The Bertz CT molecular complexity index is 1330. The van der Waals surface area contributed by atoms with Crippen LogP contribution in [0.2, 0.25) is 5.02 Å². The lowest BCUT2D eigenvalue weighted by molar-refractivity contribution is 0.0739. The number of amides is 1. The van der Waals surface area contributed by atoms with Gasteiger partial charge in [0.2, 0.25) is 0 Å². The Morgan fingerprint density at radius 2 is 1.94 bits per heavy atom. The van der Waals surface area contributed by atoms with Gasteiger partial charge >= 0.3 is 0 Å². The maximum absolute atomic E-state index is 13.1. The van der Waals surface area contributed by atoms with E-state index < -0.39 is 12.2 Å². The first kappa shape index (κ1) is 20.9. The molecule has 0 unspecified atom stereocenters. The van der Waals surface area contributed by atoms with E-state index in [2.05, 4.69) is 19.9 Å². The largest absolute Gasteiger partial charge is 0.337 e. The van der Waals surface area contributed by atoms with Crippen LogP contribution in [0.3, 0.4) is 0 Å². The fraction of sp³-hybridized carbons (Fsp3) is 0.238. The van der Waals surface area contributed by atoms with E-state index in [4.69, 9.17) is 11.6 Å². The van der Waals surface area contributed by atoms with Crippen molar-refractivity contribution in [1.82, 2.24) is 24.8 Å². The summed E-state index contributed by atoms with van der Waals surface area (Å²) >= 11 is 6.01. The second kappa shape index (κ2) is 8.43. The van der Waals surface area contributed by atoms with Gasteiger partial charge in [-0.15, -0.1) is 0 Å². The summed E-state index contributed by atoms with van der Waals surface area (Å²) in [6.45, 7) is 2.41. The Morgan fingerprint density at radius 3 is 2.68 bits per heavy atom. The van der Waals surface area contributed by atoms with Crippen molar-refractivity contribution in [3.05, 3.63) is 69.0 Å². The maximum Gasteiger partial charge on any atom is 0.295 e. The van der Waals surface area contributed by atoms with Crippen molar-refractivity contribution in [3.63, 3.8) is 0 Å². The van der Waals surface area contributed by atoms with E-state index in [9.17, 15) is 18.4 Å². The molecule has 0 saturated carbocycles. The molecule has 7 nitrogen and oxygen atoms in total. The minimum absolute atomic E-state index is 0.0770. The molecular formula is C21H18ClF2N5O2. The number of hydrogen-bond acceptors (Lipinski definition) is 4. The van der Waals surface area contributed by atoms with Gasteiger partial charge in [-0.3, -0.25) is 9.59 Å². The summed E-state index contributed by atoms with van der Waals surface area (Å²) in [5.74, 6) is -0.434. The number of hydrogen-bond donors (Lipinski definition) is 2. The van der Waals surface area contributed by atoms with Crippen molar-refractivity contribution in [1.29, 1.82) is 0 Å². The zero-order valence-electron chi connectivity index (χ0n) is 16.5. The highest BCUT2D eigenvalue weighted by molar-refractivity contribution is 6.31. The molecule has 0 aliphatic heterocycles. The predicted octanol–water partition coefficient (Wildman–Crippen LogP) is 4.44. The molecular weight excluding hydrogens is 428 g/mol. The monoisotopic (exact) mass is 445 g/mol. The third kappa shape index (κ3) is 4.27. The molecule has 0 radical (unpaired) electrons. The Morgan fingerprint density at radius 1 is 1.13 bits per heavy atom. The molecule has 2 aromatic heterocycles. The molecule has 10 heteroatoms. The van der Waals surface area contributed by atoms with Crippen LogP contribution in [0.1, 0.15) is 41.8 Å². The predicted molar refractivity (Wildman–Crippen MR) is 113 cm³/mol. The van der Waals surface area contributed by atoms with Gasteiger partial charge < -0.3 is 14.9 Å². The van der Waals surface area contributed by atoms with Gasteiger partial charge in [-0.2, -0.15) is 0 Å². The summed E-state index contributed by atoms with van der Waals surface area (Å²) in [5, 5.41) is 0.857. The molecule has 4 aromatic rings. The molecule has 0 bridgehead atoms. The van der Waals surface area contributed by atoms with E-state index in [1.165, 1.54) is 12.1 Å². The number of benzene rings is 2. The number of rotatable bonds is 6. The van der Waals surface area contributed by atoms with Crippen LogP contribution in [0.5, 0.6) is 0 Å².